The zero-order valence-electron chi connectivity index (χ0n) is 22.5. The van der Waals surface area contributed by atoms with Crippen LogP contribution in [0.15, 0.2) is 119 Å². The highest BCUT2D eigenvalue weighted by Crippen LogP contribution is 2.45. The first-order valence-electron chi connectivity index (χ1n) is 13.3. The van der Waals surface area contributed by atoms with Crippen LogP contribution in [-0.2, 0) is 0 Å². The van der Waals surface area contributed by atoms with E-state index in [2.05, 4.69) is 36.1 Å². The van der Waals surface area contributed by atoms with Crippen LogP contribution in [0, 0.1) is 24.7 Å². The van der Waals surface area contributed by atoms with Crippen LogP contribution < -0.4 is 0 Å². The fourth-order valence-electron chi connectivity index (χ4n) is 5.03. The maximum atomic E-state index is 10.5. The van der Waals surface area contributed by atoms with Crippen molar-refractivity contribution in [3.63, 3.8) is 0 Å². The van der Waals surface area contributed by atoms with Crippen molar-refractivity contribution in [2.45, 2.75) is 0 Å². The minimum Gasteiger partial charge on any atom is -0.507 e. The zero-order chi connectivity index (χ0) is 29.1. The molecule has 0 saturated heterocycles. The van der Waals surface area contributed by atoms with Gasteiger partial charge in [-0.15, -0.1) is 12.8 Å². The van der Waals surface area contributed by atoms with Crippen molar-refractivity contribution in [2.24, 2.45) is 9.98 Å². The molecule has 4 heteroatoms. The summed E-state index contributed by atoms with van der Waals surface area (Å²) in [6.07, 6.45) is 14.4. The SMILES string of the molecule is C#Cc1ccc(O)c(C=Nc2ccc3ccccc3c2-c2c(N=Cc3cc(C#C)ccc3O)ccc3ccccc23)c1. The maximum Gasteiger partial charge on any atom is 0.124 e. The number of hydrogen-bond acceptors (Lipinski definition) is 4. The largest absolute Gasteiger partial charge is 0.507 e. The number of benzene rings is 6. The topological polar surface area (TPSA) is 65.2 Å². The third-order valence-corrected chi connectivity index (χ3v) is 7.14. The van der Waals surface area contributed by atoms with E-state index in [1.54, 1.807) is 48.8 Å². The molecule has 4 nitrogen and oxygen atoms in total. The molecule has 0 aromatic heterocycles. The van der Waals surface area contributed by atoms with Crippen LogP contribution >= 0.6 is 0 Å². The number of phenols is 2. The Bertz CT molecular complexity index is 1990. The lowest BCUT2D eigenvalue weighted by molar-refractivity contribution is 0.474. The second kappa shape index (κ2) is 11.2. The Morgan fingerprint density at radius 3 is 1.38 bits per heavy atom. The van der Waals surface area contributed by atoms with E-state index in [1.807, 2.05) is 48.5 Å². The highest BCUT2D eigenvalue weighted by molar-refractivity contribution is 6.13. The average Bonchev–Trinajstić information content (AvgIpc) is 3.03. The Kier molecular flexibility index (Phi) is 6.96. The minimum absolute atomic E-state index is 0.0875. The molecule has 0 aliphatic rings. The highest BCUT2D eigenvalue weighted by atomic mass is 16.3. The number of fused-ring (bicyclic) bond motifs is 2. The van der Waals surface area contributed by atoms with E-state index in [1.165, 1.54) is 0 Å². The average molecular weight is 541 g/mol. The third-order valence-electron chi connectivity index (χ3n) is 7.14. The van der Waals surface area contributed by atoms with Gasteiger partial charge in [0.15, 0.2) is 0 Å². The molecule has 0 heterocycles. The van der Waals surface area contributed by atoms with Crippen LogP contribution in [-0.4, -0.2) is 22.6 Å². The van der Waals surface area contributed by atoms with Gasteiger partial charge in [0.25, 0.3) is 0 Å². The number of nitrogens with zero attached hydrogens (tertiary/aromatic N) is 2. The lowest BCUT2D eigenvalue weighted by atomic mass is 9.91. The number of phenolic OH excluding ortho intramolecular Hbond substituents is 2. The first kappa shape index (κ1) is 26.1. The summed E-state index contributed by atoms with van der Waals surface area (Å²) < 4.78 is 0. The summed E-state index contributed by atoms with van der Waals surface area (Å²) in [7, 11) is 0. The molecule has 0 aliphatic heterocycles. The van der Waals surface area contributed by atoms with E-state index in [-0.39, 0.29) is 11.5 Å². The van der Waals surface area contributed by atoms with E-state index in [0.717, 1.165) is 32.7 Å². The van der Waals surface area contributed by atoms with Crippen molar-refractivity contribution in [1.82, 2.24) is 0 Å². The van der Waals surface area contributed by atoms with E-state index >= 15 is 0 Å². The molecule has 0 unspecified atom stereocenters. The van der Waals surface area contributed by atoms with Crippen molar-refractivity contribution in [3.8, 4) is 47.3 Å². The molecule has 6 aromatic rings. The van der Waals surface area contributed by atoms with Gasteiger partial charge in [-0.3, -0.25) is 9.98 Å². The van der Waals surface area contributed by atoms with Gasteiger partial charge in [0.2, 0.25) is 0 Å². The number of rotatable bonds is 5. The second-order valence-electron chi connectivity index (χ2n) is 9.71. The predicted octanol–water partition coefficient (Wildman–Crippen LogP) is 8.54. The van der Waals surface area contributed by atoms with Gasteiger partial charge in [-0.2, -0.15) is 0 Å². The molecule has 0 radical (unpaired) electrons. The van der Waals surface area contributed by atoms with Crippen LogP contribution in [0.4, 0.5) is 11.4 Å². The summed E-state index contributed by atoms with van der Waals surface area (Å²) in [6, 6.07) is 34.2. The van der Waals surface area contributed by atoms with Crippen LogP contribution in [0.1, 0.15) is 22.3 Å². The molecule has 0 atom stereocenters. The summed E-state index contributed by atoms with van der Waals surface area (Å²) in [5, 5.41) is 25.0. The number of aromatic hydroxyl groups is 2. The Morgan fingerprint density at radius 1 is 0.524 bits per heavy atom. The van der Waals surface area contributed by atoms with Gasteiger partial charge in [-0.1, -0.05) is 72.5 Å². The van der Waals surface area contributed by atoms with Crippen LogP contribution in [0.2, 0.25) is 0 Å². The molecule has 42 heavy (non-hydrogen) atoms. The molecule has 6 aromatic carbocycles. The van der Waals surface area contributed by atoms with Gasteiger partial charge in [0.05, 0.1) is 11.4 Å². The quantitative estimate of drug-likeness (QED) is 0.170. The lowest BCUT2D eigenvalue weighted by Crippen LogP contribution is -1.90. The second-order valence-corrected chi connectivity index (χ2v) is 9.71. The summed E-state index contributed by atoms with van der Waals surface area (Å²) in [6.45, 7) is 0. The molecule has 198 valence electrons. The van der Waals surface area contributed by atoms with E-state index < -0.39 is 0 Å². The summed E-state index contributed by atoms with van der Waals surface area (Å²) in [5.74, 6) is 5.38. The third kappa shape index (κ3) is 4.97. The molecule has 0 amide bonds. The van der Waals surface area contributed by atoms with Gasteiger partial charge < -0.3 is 10.2 Å². The van der Waals surface area contributed by atoms with E-state index in [0.29, 0.717) is 33.6 Å². The van der Waals surface area contributed by atoms with Crippen molar-refractivity contribution >= 4 is 45.3 Å². The normalized spacial score (nSPS) is 11.3. The molecule has 0 saturated carbocycles. The van der Waals surface area contributed by atoms with Gasteiger partial charge in [-0.05, 0) is 70.1 Å². The fourth-order valence-corrected chi connectivity index (χ4v) is 5.03. The Morgan fingerprint density at radius 2 is 0.952 bits per heavy atom. The van der Waals surface area contributed by atoms with E-state index in [9.17, 15) is 10.2 Å². The molecule has 0 aliphatic carbocycles. The summed E-state index contributed by atoms with van der Waals surface area (Å²) >= 11 is 0. The van der Waals surface area contributed by atoms with Crippen molar-refractivity contribution < 1.29 is 10.2 Å². The Balaban J connectivity index is 1.62. The van der Waals surface area contributed by atoms with E-state index in [4.69, 9.17) is 22.8 Å². The minimum atomic E-state index is 0.0875. The van der Waals surface area contributed by atoms with Gasteiger partial charge in [0, 0.05) is 45.8 Å². The zero-order valence-corrected chi connectivity index (χ0v) is 22.5. The number of aliphatic imine (C=N–C) groups is 2. The number of hydrogen-bond donors (Lipinski definition) is 2. The molecule has 0 spiro atoms. The van der Waals surface area contributed by atoms with Crippen molar-refractivity contribution in [2.75, 3.05) is 0 Å². The van der Waals surface area contributed by atoms with Gasteiger partial charge >= 0.3 is 0 Å². The van der Waals surface area contributed by atoms with Crippen LogP contribution in [0.25, 0.3) is 32.7 Å². The first-order chi connectivity index (χ1) is 20.6. The molecule has 0 bridgehead atoms. The van der Waals surface area contributed by atoms with Crippen molar-refractivity contribution in [1.29, 1.82) is 0 Å². The lowest BCUT2D eigenvalue weighted by Gasteiger charge is -2.16. The fraction of sp³-hybridized carbons (Fsp3) is 0. The van der Waals surface area contributed by atoms with Crippen LogP contribution in [0.3, 0.4) is 0 Å². The number of terminal acetylenes is 2. The molecule has 0 fully saturated rings. The first-order valence-corrected chi connectivity index (χ1v) is 13.3. The summed E-state index contributed by atoms with van der Waals surface area (Å²) in [5.41, 5.74) is 5.51. The molecule has 6 rings (SSSR count). The standard InChI is InChI=1S/C38H24N2O2/c1-3-25-13-19-35(41)29(21-25)23-39-33-17-15-27-9-5-7-11-31(27)37(33)38-32-12-8-6-10-28(32)16-18-34(38)40-24-30-22-26(4-2)14-20-36(30)42/h1-2,5-24,41-42H. The highest BCUT2D eigenvalue weighted by Gasteiger charge is 2.17. The monoisotopic (exact) mass is 540 g/mol. The smallest absolute Gasteiger partial charge is 0.124 e. The molecular weight excluding hydrogens is 516 g/mol. The molecular formula is C38H24N2O2. The van der Waals surface area contributed by atoms with Gasteiger partial charge in [0.1, 0.15) is 11.5 Å². The van der Waals surface area contributed by atoms with Gasteiger partial charge in [-0.25, -0.2) is 0 Å². The molecule has 2 N–H and O–H groups in total. The predicted molar refractivity (Wildman–Crippen MR) is 173 cm³/mol. The van der Waals surface area contributed by atoms with Crippen LogP contribution in [0.5, 0.6) is 11.5 Å². The Hall–Kier alpha value is -6.10. The summed E-state index contributed by atoms with van der Waals surface area (Å²) in [4.78, 5) is 9.75. The van der Waals surface area contributed by atoms with Crippen molar-refractivity contribution in [3.05, 3.63) is 131 Å². The Labute approximate surface area is 244 Å². The maximum absolute atomic E-state index is 10.5.